The molecule has 31 heavy (non-hydrogen) atoms. The third-order valence-electron chi connectivity index (χ3n) is 4.81. The third-order valence-corrected chi connectivity index (χ3v) is 5.92. The number of anilines is 1. The Labute approximate surface area is 182 Å². The predicted octanol–water partition coefficient (Wildman–Crippen LogP) is 4.74. The van der Waals surface area contributed by atoms with Crippen molar-refractivity contribution in [1.82, 2.24) is 9.55 Å². The minimum absolute atomic E-state index is 0.0605. The number of carbonyl (C=O) groups excluding carboxylic acids is 1. The molecule has 0 saturated carbocycles. The van der Waals surface area contributed by atoms with Crippen LogP contribution in [0.2, 0.25) is 0 Å². The molecule has 0 radical (unpaired) electrons. The number of carbonyl (C=O) groups is 1. The minimum atomic E-state index is -0.818. The van der Waals surface area contributed by atoms with Crippen molar-refractivity contribution >= 4 is 23.4 Å². The van der Waals surface area contributed by atoms with Crippen LogP contribution in [0.3, 0.4) is 0 Å². The van der Waals surface area contributed by atoms with E-state index < -0.39 is 22.8 Å². The standard InChI is InChI=1S/C22H21F2N3O3S/c1-3-27-18(14-4-7-19-20(10-14)30-9-8-29-19)12-25-22(27)31-13(2)21(28)26-17-6-5-15(23)11-16(17)24/h4-7,10-13H,3,8-9H2,1-2H3,(H,26,28). The van der Waals surface area contributed by atoms with Crippen LogP contribution in [0, 0.1) is 11.6 Å². The summed E-state index contributed by atoms with van der Waals surface area (Å²) in [5.74, 6) is -0.514. The van der Waals surface area contributed by atoms with Gasteiger partial charge in [0, 0.05) is 18.2 Å². The second-order valence-electron chi connectivity index (χ2n) is 6.90. The highest BCUT2D eigenvalue weighted by Crippen LogP contribution is 2.36. The van der Waals surface area contributed by atoms with Crippen LogP contribution in [0.25, 0.3) is 11.3 Å². The van der Waals surface area contributed by atoms with Crippen molar-refractivity contribution in [1.29, 1.82) is 0 Å². The molecule has 1 unspecified atom stereocenters. The van der Waals surface area contributed by atoms with Crippen LogP contribution >= 0.6 is 11.8 Å². The number of nitrogens with zero attached hydrogens (tertiary/aromatic N) is 2. The van der Waals surface area contributed by atoms with Crippen LogP contribution in [0.4, 0.5) is 14.5 Å². The summed E-state index contributed by atoms with van der Waals surface area (Å²) >= 11 is 1.26. The number of imidazole rings is 1. The molecule has 0 spiro atoms. The summed E-state index contributed by atoms with van der Waals surface area (Å²) in [6.45, 7) is 5.38. The SMILES string of the molecule is CCn1c(-c2ccc3c(c2)OCCO3)cnc1SC(C)C(=O)Nc1ccc(F)cc1F. The van der Waals surface area contributed by atoms with Crippen molar-refractivity contribution in [2.24, 2.45) is 0 Å². The zero-order valence-electron chi connectivity index (χ0n) is 17.0. The number of aromatic nitrogens is 2. The zero-order chi connectivity index (χ0) is 22.0. The maximum absolute atomic E-state index is 13.8. The molecule has 1 atom stereocenters. The molecular weight excluding hydrogens is 424 g/mol. The summed E-state index contributed by atoms with van der Waals surface area (Å²) in [6, 6.07) is 8.76. The van der Waals surface area contributed by atoms with Gasteiger partial charge in [0.1, 0.15) is 24.8 Å². The van der Waals surface area contributed by atoms with Crippen LogP contribution in [-0.4, -0.2) is 33.9 Å². The monoisotopic (exact) mass is 445 g/mol. The molecule has 1 amide bonds. The van der Waals surface area contributed by atoms with Gasteiger partial charge in [0.25, 0.3) is 0 Å². The molecule has 4 rings (SSSR count). The Hall–Kier alpha value is -3.07. The number of fused-ring (bicyclic) bond motifs is 1. The van der Waals surface area contributed by atoms with Gasteiger partial charge in [-0.2, -0.15) is 0 Å². The molecule has 9 heteroatoms. The minimum Gasteiger partial charge on any atom is -0.486 e. The fraction of sp³-hybridized carbons (Fsp3) is 0.273. The van der Waals surface area contributed by atoms with E-state index in [0.29, 0.717) is 36.4 Å². The second-order valence-corrected chi connectivity index (χ2v) is 8.21. The Morgan fingerprint density at radius 3 is 2.71 bits per heavy atom. The van der Waals surface area contributed by atoms with E-state index in [1.165, 1.54) is 17.8 Å². The maximum atomic E-state index is 13.8. The van der Waals surface area contributed by atoms with Gasteiger partial charge in [-0.25, -0.2) is 13.8 Å². The lowest BCUT2D eigenvalue weighted by atomic mass is 10.1. The van der Waals surface area contributed by atoms with E-state index in [1.807, 2.05) is 29.7 Å². The van der Waals surface area contributed by atoms with Gasteiger partial charge in [-0.1, -0.05) is 11.8 Å². The Bertz CT molecular complexity index is 1120. The van der Waals surface area contributed by atoms with Crippen molar-refractivity contribution in [2.45, 2.75) is 30.8 Å². The van der Waals surface area contributed by atoms with E-state index in [1.54, 1.807) is 13.1 Å². The molecular formula is C22H21F2N3O3S. The van der Waals surface area contributed by atoms with Crippen LogP contribution in [0.15, 0.2) is 47.8 Å². The summed E-state index contributed by atoms with van der Waals surface area (Å²) in [6.07, 6.45) is 1.75. The highest BCUT2D eigenvalue weighted by molar-refractivity contribution is 8.00. The fourth-order valence-electron chi connectivity index (χ4n) is 3.23. The van der Waals surface area contributed by atoms with Gasteiger partial charge < -0.3 is 19.4 Å². The lowest BCUT2D eigenvalue weighted by Crippen LogP contribution is -2.23. The van der Waals surface area contributed by atoms with Gasteiger partial charge in [-0.15, -0.1) is 0 Å². The number of benzene rings is 2. The molecule has 1 N–H and O–H groups in total. The van der Waals surface area contributed by atoms with Crippen LogP contribution < -0.4 is 14.8 Å². The van der Waals surface area contributed by atoms with Gasteiger partial charge >= 0.3 is 0 Å². The summed E-state index contributed by atoms with van der Waals surface area (Å²) in [4.78, 5) is 17.0. The molecule has 1 aliphatic rings. The average molecular weight is 445 g/mol. The molecule has 6 nitrogen and oxygen atoms in total. The summed E-state index contributed by atoms with van der Waals surface area (Å²) in [5, 5.41) is 2.61. The maximum Gasteiger partial charge on any atom is 0.237 e. The van der Waals surface area contributed by atoms with E-state index in [4.69, 9.17) is 9.47 Å². The lowest BCUT2D eigenvalue weighted by molar-refractivity contribution is -0.115. The van der Waals surface area contributed by atoms with E-state index in [0.717, 1.165) is 23.4 Å². The van der Waals surface area contributed by atoms with Crippen LogP contribution in [0.5, 0.6) is 11.5 Å². The number of thioether (sulfide) groups is 1. The Morgan fingerprint density at radius 1 is 1.19 bits per heavy atom. The van der Waals surface area contributed by atoms with Gasteiger partial charge in [0.05, 0.1) is 22.8 Å². The molecule has 0 bridgehead atoms. The van der Waals surface area contributed by atoms with Crippen molar-refractivity contribution in [3.63, 3.8) is 0 Å². The molecule has 1 aromatic heterocycles. The van der Waals surface area contributed by atoms with Crippen molar-refractivity contribution < 1.29 is 23.0 Å². The highest BCUT2D eigenvalue weighted by Gasteiger charge is 2.21. The Morgan fingerprint density at radius 2 is 1.97 bits per heavy atom. The van der Waals surface area contributed by atoms with Crippen LogP contribution in [0.1, 0.15) is 13.8 Å². The normalized spacial score (nSPS) is 13.7. The number of hydrogen-bond acceptors (Lipinski definition) is 5. The summed E-state index contributed by atoms with van der Waals surface area (Å²) < 4.78 is 40.1. The Kier molecular flexibility index (Phi) is 6.13. The van der Waals surface area contributed by atoms with Gasteiger partial charge in [0.15, 0.2) is 16.7 Å². The molecule has 2 aromatic carbocycles. The first kappa shape index (κ1) is 21.2. The topological polar surface area (TPSA) is 65.4 Å². The number of nitrogens with one attached hydrogen (secondary N) is 1. The first-order chi connectivity index (χ1) is 15.0. The number of ether oxygens (including phenoxy) is 2. The zero-order valence-corrected chi connectivity index (χ0v) is 17.8. The quantitative estimate of drug-likeness (QED) is 0.556. The average Bonchev–Trinajstić information content (AvgIpc) is 3.17. The van der Waals surface area contributed by atoms with Crippen LogP contribution in [-0.2, 0) is 11.3 Å². The first-order valence-electron chi connectivity index (χ1n) is 9.84. The Balaban J connectivity index is 1.51. The number of halogens is 2. The lowest BCUT2D eigenvalue weighted by Gasteiger charge is -2.19. The fourth-order valence-corrected chi connectivity index (χ4v) is 4.18. The van der Waals surface area contributed by atoms with E-state index in [9.17, 15) is 13.6 Å². The molecule has 0 aliphatic carbocycles. The van der Waals surface area contributed by atoms with Gasteiger partial charge in [-0.05, 0) is 44.2 Å². The number of hydrogen-bond donors (Lipinski definition) is 1. The molecule has 162 valence electrons. The molecule has 0 saturated heterocycles. The summed E-state index contributed by atoms with van der Waals surface area (Å²) in [5.41, 5.74) is 1.75. The smallest absolute Gasteiger partial charge is 0.237 e. The molecule has 1 aliphatic heterocycles. The van der Waals surface area contributed by atoms with Crippen molar-refractivity contribution in [2.75, 3.05) is 18.5 Å². The van der Waals surface area contributed by atoms with Crippen molar-refractivity contribution in [3.8, 4) is 22.8 Å². The highest BCUT2D eigenvalue weighted by atomic mass is 32.2. The van der Waals surface area contributed by atoms with Gasteiger partial charge in [0.2, 0.25) is 5.91 Å². The largest absolute Gasteiger partial charge is 0.486 e. The van der Waals surface area contributed by atoms with E-state index in [2.05, 4.69) is 10.3 Å². The van der Waals surface area contributed by atoms with Gasteiger partial charge in [-0.3, -0.25) is 4.79 Å². The predicted molar refractivity (Wildman–Crippen MR) is 115 cm³/mol. The third kappa shape index (κ3) is 4.51. The molecule has 2 heterocycles. The number of rotatable bonds is 6. The van der Waals surface area contributed by atoms with E-state index >= 15 is 0 Å². The van der Waals surface area contributed by atoms with E-state index in [-0.39, 0.29) is 5.69 Å². The second kappa shape index (κ2) is 8.97. The molecule has 3 aromatic rings. The van der Waals surface area contributed by atoms with Crippen molar-refractivity contribution in [3.05, 3.63) is 54.2 Å². The number of amides is 1. The first-order valence-corrected chi connectivity index (χ1v) is 10.7. The summed E-state index contributed by atoms with van der Waals surface area (Å²) in [7, 11) is 0. The molecule has 0 fully saturated rings.